The number of amides is 1. The molecule has 0 bridgehead atoms. The standard InChI is InChI=1S/C16H18ClN3OS2/c1-9-8-22-16(19-9)23-14-4-3-12(5-13(14)17)20-15(21)10(2)11-6-18-7-11/h3-5,8,10-11,18H,6-7H2,1-2H3,(H,20,21). The van der Waals surface area contributed by atoms with Crippen molar-refractivity contribution in [2.24, 2.45) is 11.8 Å². The minimum atomic E-state index is 0.00220. The third-order valence-electron chi connectivity index (χ3n) is 3.93. The average Bonchev–Trinajstić information content (AvgIpc) is 2.85. The van der Waals surface area contributed by atoms with Crippen LogP contribution in [0.3, 0.4) is 0 Å². The molecule has 0 saturated carbocycles. The Morgan fingerprint density at radius 1 is 1.52 bits per heavy atom. The molecule has 0 radical (unpaired) electrons. The summed E-state index contributed by atoms with van der Waals surface area (Å²) in [7, 11) is 0. The van der Waals surface area contributed by atoms with Crippen LogP contribution in [0.2, 0.25) is 5.02 Å². The molecule has 0 aliphatic carbocycles. The summed E-state index contributed by atoms with van der Waals surface area (Å²) in [5.41, 5.74) is 1.75. The number of thiazole rings is 1. The Kier molecular flexibility index (Phi) is 5.26. The van der Waals surface area contributed by atoms with Gasteiger partial charge in [-0.2, -0.15) is 0 Å². The van der Waals surface area contributed by atoms with Crippen molar-refractivity contribution in [1.82, 2.24) is 10.3 Å². The van der Waals surface area contributed by atoms with Gasteiger partial charge in [0.2, 0.25) is 5.91 Å². The van der Waals surface area contributed by atoms with Gasteiger partial charge in [0.25, 0.3) is 0 Å². The highest BCUT2D eigenvalue weighted by Gasteiger charge is 2.28. The van der Waals surface area contributed by atoms with Gasteiger partial charge < -0.3 is 10.6 Å². The van der Waals surface area contributed by atoms with Crippen LogP contribution in [0.5, 0.6) is 0 Å². The summed E-state index contributed by atoms with van der Waals surface area (Å²) in [6.45, 7) is 5.77. The lowest BCUT2D eigenvalue weighted by atomic mass is 9.88. The van der Waals surface area contributed by atoms with Crippen LogP contribution in [0, 0.1) is 18.8 Å². The van der Waals surface area contributed by atoms with Gasteiger partial charge in [-0.3, -0.25) is 4.79 Å². The number of nitrogens with one attached hydrogen (secondary N) is 2. The number of aryl methyl sites for hydroxylation is 1. The predicted octanol–water partition coefficient (Wildman–Crippen LogP) is 4.05. The zero-order valence-electron chi connectivity index (χ0n) is 12.9. The fraction of sp³-hybridized carbons (Fsp3) is 0.375. The van der Waals surface area contributed by atoms with Gasteiger partial charge in [-0.05, 0) is 44.1 Å². The molecule has 1 fully saturated rings. The maximum Gasteiger partial charge on any atom is 0.227 e. The van der Waals surface area contributed by atoms with Gasteiger partial charge in [-0.1, -0.05) is 30.3 Å². The Labute approximate surface area is 149 Å². The lowest BCUT2D eigenvalue weighted by Gasteiger charge is -2.31. The van der Waals surface area contributed by atoms with Gasteiger partial charge in [0, 0.05) is 27.6 Å². The molecular weight excluding hydrogens is 350 g/mol. The Morgan fingerprint density at radius 3 is 2.87 bits per heavy atom. The molecule has 1 aliphatic rings. The summed E-state index contributed by atoms with van der Waals surface area (Å²) >= 11 is 9.49. The van der Waals surface area contributed by atoms with Gasteiger partial charge in [-0.15, -0.1) is 11.3 Å². The van der Waals surface area contributed by atoms with Crippen molar-refractivity contribution >= 4 is 46.3 Å². The molecule has 1 unspecified atom stereocenters. The van der Waals surface area contributed by atoms with E-state index in [4.69, 9.17) is 11.6 Å². The van der Waals surface area contributed by atoms with Crippen LogP contribution in [-0.4, -0.2) is 24.0 Å². The van der Waals surface area contributed by atoms with Crippen molar-refractivity contribution in [1.29, 1.82) is 0 Å². The molecule has 3 rings (SSSR count). The maximum atomic E-state index is 12.2. The SMILES string of the molecule is Cc1csc(Sc2ccc(NC(=O)C(C)C3CNC3)cc2Cl)n1. The van der Waals surface area contributed by atoms with Crippen molar-refractivity contribution in [2.75, 3.05) is 18.4 Å². The third kappa shape index (κ3) is 4.07. The van der Waals surface area contributed by atoms with Crippen LogP contribution in [0.25, 0.3) is 0 Å². The van der Waals surface area contributed by atoms with Gasteiger partial charge in [0.05, 0.1) is 5.02 Å². The van der Waals surface area contributed by atoms with E-state index in [1.165, 1.54) is 0 Å². The van der Waals surface area contributed by atoms with Crippen LogP contribution in [0.15, 0.2) is 32.8 Å². The highest BCUT2D eigenvalue weighted by atomic mass is 35.5. The largest absolute Gasteiger partial charge is 0.326 e. The first-order chi connectivity index (χ1) is 11.0. The van der Waals surface area contributed by atoms with E-state index in [1.54, 1.807) is 29.2 Å². The lowest BCUT2D eigenvalue weighted by molar-refractivity contribution is -0.121. The third-order valence-corrected chi connectivity index (χ3v) is 6.49. The number of rotatable bonds is 5. The van der Waals surface area contributed by atoms with Gasteiger partial charge in [0.15, 0.2) is 4.34 Å². The van der Waals surface area contributed by atoms with E-state index < -0.39 is 0 Å². The molecule has 1 aromatic heterocycles. The summed E-state index contributed by atoms with van der Waals surface area (Å²) in [5, 5.41) is 8.79. The van der Waals surface area contributed by atoms with Crippen LogP contribution in [0.1, 0.15) is 12.6 Å². The maximum absolute atomic E-state index is 12.2. The molecule has 1 aliphatic heterocycles. The number of hydrogen-bond donors (Lipinski definition) is 2. The number of carbonyl (C=O) groups excluding carboxylic acids is 1. The van der Waals surface area contributed by atoms with E-state index in [9.17, 15) is 4.79 Å². The van der Waals surface area contributed by atoms with Gasteiger partial charge in [0.1, 0.15) is 0 Å². The zero-order valence-corrected chi connectivity index (χ0v) is 15.3. The smallest absolute Gasteiger partial charge is 0.227 e. The molecule has 1 amide bonds. The number of aromatic nitrogens is 1. The van der Waals surface area contributed by atoms with Gasteiger partial charge >= 0.3 is 0 Å². The molecule has 1 atom stereocenters. The highest BCUT2D eigenvalue weighted by Crippen LogP contribution is 2.36. The summed E-state index contributed by atoms with van der Waals surface area (Å²) < 4.78 is 0.965. The van der Waals surface area contributed by atoms with Crippen LogP contribution < -0.4 is 10.6 Å². The van der Waals surface area contributed by atoms with Gasteiger partial charge in [-0.25, -0.2) is 4.98 Å². The Hall–Kier alpha value is -1.08. The molecule has 0 spiro atoms. The molecule has 1 aromatic carbocycles. The molecule has 7 heteroatoms. The van der Waals surface area contributed by atoms with Crippen molar-refractivity contribution in [3.63, 3.8) is 0 Å². The van der Waals surface area contributed by atoms with Crippen LogP contribution in [-0.2, 0) is 4.79 Å². The normalized spacial score (nSPS) is 16.0. The number of carbonyl (C=O) groups is 1. The summed E-state index contributed by atoms with van der Waals surface area (Å²) in [5.74, 6) is 0.472. The zero-order chi connectivity index (χ0) is 16.4. The second-order valence-electron chi connectivity index (χ2n) is 5.70. The number of benzene rings is 1. The second kappa shape index (κ2) is 7.21. The average molecular weight is 368 g/mol. The topological polar surface area (TPSA) is 54.0 Å². The fourth-order valence-electron chi connectivity index (χ4n) is 2.27. The predicted molar refractivity (Wildman–Crippen MR) is 96.6 cm³/mol. The first kappa shape index (κ1) is 16.8. The second-order valence-corrected chi connectivity index (χ2v) is 8.25. The van der Waals surface area contributed by atoms with E-state index in [0.717, 1.165) is 33.7 Å². The van der Waals surface area contributed by atoms with Crippen molar-refractivity contribution < 1.29 is 4.79 Å². The Morgan fingerprint density at radius 2 is 2.30 bits per heavy atom. The number of halogens is 1. The van der Waals surface area contributed by atoms with E-state index in [1.807, 2.05) is 31.4 Å². The minimum absolute atomic E-state index is 0.00220. The van der Waals surface area contributed by atoms with Crippen LogP contribution in [0.4, 0.5) is 5.69 Å². The number of anilines is 1. The lowest BCUT2D eigenvalue weighted by Crippen LogP contribution is -2.48. The monoisotopic (exact) mass is 367 g/mol. The fourth-order valence-corrected chi connectivity index (χ4v) is 4.36. The first-order valence-electron chi connectivity index (χ1n) is 7.44. The molecule has 23 heavy (non-hydrogen) atoms. The summed E-state index contributed by atoms with van der Waals surface area (Å²) in [4.78, 5) is 17.6. The number of hydrogen-bond acceptors (Lipinski definition) is 5. The van der Waals surface area contributed by atoms with E-state index >= 15 is 0 Å². The van der Waals surface area contributed by atoms with Crippen molar-refractivity contribution in [3.8, 4) is 0 Å². The molecular formula is C16H18ClN3OS2. The van der Waals surface area contributed by atoms with E-state index in [-0.39, 0.29) is 11.8 Å². The summed E-state index contributed by atoms with van der Waals surface area (Å²) in [6.07, 6.45) is 0. The quantitative estimate of drug-likeness (QED) is 0.837. The molecule has 4 nitrogen and oxygen atoms in total. The first-order valence-corrected chi connectivity index (χ1v) is 9.51. The molecule has 2 N–H and O–H groups in total. The molecule has 122 valence electrons. The Balaban J connectivity index is 1.65. The Bertz CT molecular complexity index is 715. The molecule has 1 saturated heterocycles. The van der Waals surface area contributed by atoms with E-state index in [2.05, 4.69) is 15.6 Å². The number of nitrogens with zero attached hydrogens (tertiary/aromatic N) is 1. The molecule has 2 aromatic rings. The van der Waals surface area contributed by atoms with Crippen molar-refractivity contribution in [3.05, 3.63) is 34.3 Å². The minimum Gasteiger partial charge on any atom is -0.326 e. The van der Waals surface area contributed by atoms with E-state index in [0.29, 0.717) is 10.9 Å². The summed E-state index contributed by atoms with van der Waals surface area (Å²) in [6, 6.07) is 5.61. The highest BCUT2D eigenvalue weighted by molar-refractivity contribution is 8.01. The van der Waals surface area contributed by atoms with Crippen molar-refractivity contribution in [2.45, 2.75) is 23.1 Å². The van der Waals surface area contributed by atoms with Crippen LogP contribution >= 0.6 is 34.7 Å². The molecule has 2 heterocycles.